The lowest BCUT2D eigenvalue weighted by molar-refractivity contribution is -0.113. The van der Waals surface area contributed by atoms with Crippen molar-refractivity contribution >= 4 is 40.1 Å². The van der Waals surface area contributed by atoms with E-state index in [4.69, 9.17) is 0 Å². The summed E-state index contributed by atoms with van der Waals surface area (Å²) in [5.41, 5.74) is 3.00. The van der Waals surface area contributed by atoms with Crippen molar-refractivity contribution in [3.8, 4) is 0 Å². The Hall–Kier alpha value is -2.75. The number of benzene rings is 1. The van der Waals surface area contributed by atoms with Crippen molar-refractivity contribution in [2.24, 2.45) is 0 Å². The predicted octanol–water partition coefficient (Wildman–Crippen LogP) is 3.21. The second kappa shape index (κ2) is 6.87. The molecule has 0 spiro atoms. The highest BCUT2D eigenvalue weighted by Crippen LogP contribution is 2.34. The summed E-state index contributed by atoms with van der Waals surface area (Å²) in [7, 11) is 0. The summed E-state index contributed by atoms with van der Waals surface area (Å²) in [5.74, 6) is 0.425. The third-order valence-corrected chi connectivity index (χ3v) is 4.88. The second-order valence-corrected chi connectivity index (χ2v) is 7.08. The summed E-state index contributed by atoms with van der Waals surface area (Å²) in [6, 6.07) is 11.1. The third kappa shape index (κ3) is 3.07. The van der Waals surface area contributed by atoms with Crippen LogP contribution in [-0.2, 0) is 4.79 Å². The van der Waals surface area contributed by atoms with Gasteiger partial charge in [0.1, 0.15) is 12.4 Å². The van der Waals surface area contributed by atoms with Gasteiger partial charge in [-0.05, 0) is 71.5 Å². The van der Waals surface area contributed by atoms with Crippen LogP contribution in [0.1, 0.15) is 18.5 Å². The van der Waals surface area contributed by atoms with Crippen LogP contribution in [0.25, 0.3) is 0 Å². The van der Waals surface area contributed by atoms with Crippen molar-refractivity contribution in [3.05, 3.63) is 75.5 Å². The highest BCUT2D eigenvalue weighted by atomic mass is 127. The molecule has 2 aromatic heterocycles. The topological polar surface area (TPSA) is 84.7 Å². The molecule has 1 atom stereocenters. The Morgan fingerprint density at radius 3 is 2.65 bits per heavy atom. The van der Waals surface area contributed by atoms with E-state index in [1.807, 2.05) is 43.3 Å². The number of rotatable bonds is 3. The van der Waals surface area contributed by atoms with Crippen molar-refractivity contribution in [3.63, 3.8) is 0 Å². The Morgan fingerprint density at radius 1 is 1.19 bits per heavy atom. The van der Waals surface area contributed by atoms with Gasteiger partial charge in [-0.1, -0.05) is 0 Å². The first-order valence-electron chi connectivity index (χ1n) is 7.97. The number of aromatic nitrogens is 4. The Balaban J connectivity index is 1.74. The van der Waals surface area contributed by atoms with Gasteiger partial charge in [-0.3, -0.25) is 9.78 Å². The number of nitrogens with one attached hydrogen (secondary N) is 2. The smallest absolute Gasteiger partial charge is 0.255 e. The number of anilines is 2. The SMILES string of the molecule is CC1=C(C(=O)Nc2ccc(I)cc2)C(c2ccncc2)n2ncnc2N1. The van der Waals surface area contributed by atoms with Crippen LogP contribution in [0.4, 0.5) is 11.6 Å². The fraction of sp³-hybridized carbons (Fsp3) is 0.111. The molecule has 4 rings (SSSR count). The van der Waals surface area contributed by atoms with Crippen LogP contribution in [0, 0.1) is 3.57 Å². The zero-order valence-electron chi connectivity index (χ0n) is 13.8. The maximum Gasteiger partial charge on any atom is 0.255 e. The van der Waals surface area contributed by atoms with Gasteiger partial charge in [0, 0.05) is 27.3 Å². The molecule has 0 radical (unpaired) electrons. The number of carbonyl (C=O) groups is 1. The number of fused-ring (bicyclic) bond motifs is 1. The highest BCUT2D eigenvalue weighted by Gasteiger charge is 2.33. The van der Waals surface area contributed by atoms with Gasteiger partial charge < -0.3 is 10.6 Å². The molecule has 3 heterocycles. The molecule has 8 heteroatoms. The third-order valence-electron chi connectivity index (χ3n) is 4.16. The highest BCUT2D eigenvalue weighted by molar-refractivity contribution is 14.1. The standard InChI is InChI=1S/C18H15IN6O/c1-11-15(17(26)24-14-4-2-13(19)3-5-14)16(12-6-8-20-9-7-12)25-18(23-11)21-10-22-25/h2-10,16H,1H3,(H,24,26)(H,21,22,23). The lowest BCUT2D eigenvalue weighted by atomic mass is 9.96. The number of amides is 1. The van der Waals surface area contributed by atoms with Gasteiger partial charge in [0.2, 0.25) is 5.95 Å². The first kappa shape index (κ1) is 16.7. The number of hydrogen-bond acceptors (Lipinski definition) is 5. The molecule has 0 bridgehead atoms. The van der Waals surface area contributed by atoms with Crippen molar-refractivity contribution in [1.29, 1.82) is 0 Å². The van der Waals surface area contributed by atoms with Gasteiger partial charge in [0.05, 0.1) is 5.57 Å². The van der Waals surface area contributed by atoms with E-state index in [9.17, 15) is 4.79 Å². The zero-order valence-corrected chi connectivity index (χ0v) is 16.0. The van der Waals surface area contributed by atoms with E-state index in [-0.39, 0.29) is 11.9 Å². The average Bonchev–Trinajstić information content (AvgIpc) is 3.11. The van der Waals surface area contributed by atoms with E-state index in [0.717, 1.165) is 20.5 Å². The Labute approximate surface area is 163 Å². The molecule has 0 saturated carbocycles. The summed E-state index contributed by atoms with van der Waals surface area (Å²) in [6.07, 6.45) is 4.89. The minimum atomic E-state index is -0.374. The first-order chi connectivity index (χ1) is 12.6. The summed E-state index contributed by atoms with van der Waals surface area (Å²) in [4.78, 5) is 21.4. The lowest BCUT2D eigenvalue weighted by Gasteiger charge is -2.28. The fourth-order valence-electron chi connectivity index (χ4n) is 2.97. The summed E-state index contributed by atoms with van der Waals surface area (Å²) in [6.45, 7) is 1.87. The largest absolute Gasteiger partial charge is 0.328 e. The molecule has 0 fully saturated rings. The van der Waals surface area contributed by atoms with Gasteiger partial charge in [0.25, 0.3) is 5.91 Å². The van der Waals surface area contributed by atoms with Crippen LogP contribution in [-0.4, -0.2) is 25.7 Å². The molecular formula is C18H15IN6O. The fourth-order valence-corrected chi connectivity index (χ4v) is 3.33. The van der Waals surface area contributed by atoms with E-state index >= 15 is 0 Å². The van der Waals surface area contributed by atoms with Gasteiger partial charge in [0.15, 0.2) is 0 Å². The van der Waals surface area contributed by atoms with Crippen LogP contribution >= 0.6 is 22.6 Å². The molecule has 3 aromatic rings. The van der Waals surface area contributed by atoms with Crippen molar-refractivity contribution < 1.29 is 4.79 Å². The van der Waals surface area contributed by atoms with E-state index in [0.29, 0.717) is 11.5 Å². The van der Waals surface area contributed by atoms with Crippen LogP contribution in [0.5, 0.6) is 0 Å². The number of allylic oxidation sites excluding steroid dienone is 1. The van der Waals surface area contributed by atoms with E-state index < -0.39 is 0 Å². The van der Waals surface area contributed by atoms with E-state index in [2.05, 4.69) is 48.3 Å². The molecule has 1 unspecified atom stereocenters. The molecule has 0 aliphatic carbocycles. The molecule has 0 saturated heterocycles. The summed E-state index contributed by atoms with van der Waals surface area (Å²) < 4.78 is 2.82. The van der Waals surface area contributed by atoms with Gasteiger partial charge in [-0.2, -0.15) is 10.1 Å². The predicted molar refractivity (Wildman–Crippen MR) is 107 cm³/mol. The lowest BCUT2D eigenvalue weighted by Crippen LogP contribution is -2.31. The summed E-state index contributed by atoms with van der Waals surface area (Å²) >= 11 is 2.23. The summed E-state index contributed by atoms with van der Waals surface area (Å²) in [5, 5.41) is 10.4. The van der Waals surface area contributed by atoms with Crippen LogP contribution in [0.3, 0.4) is 0 Å². The quantitative estimate of drug-likeness (QED) is 0.589. The van der Waals surface area contributed by atoms with Crippen molar-refractivity contribution in [2.75, 3.05) is 10.6 Å². The molecular weight excluding hydrogens is 443 g/mol. The maximum atomic E-state index is 13.1. The molecule has 2 N–H and O–H groups in total. The second-order valence-electron chi connectivity index (χ2n) is 5.84. The zero-order chi connectivity index (χ0) is 18.1. The molecule has 1 aromatic carbocycles. The maximum absolute atomic E-state index is 13.1. The average molecular weight is 458 g/mol. The van der Waals surface area contributed by atoms with E-state index in [1.54, 1.807) is 17.1 Å². The molecule has 26 heavy (non-hydrogen) atoms. The number of pyridine rings is 1. The van der Waals surface area contributed by atoms with Gasteiger partial charge >= 0.3 is 0 Å². The molecule has 130 valence electrons. The Bertz CT molecular complexity index is 980. The number of halogens is 1. The van der Waals surface area contributed by atoms with Crippen molar-refractivity contribution in [2.45, 2.75) is 13.0 Å². The molecule has 7 nitrogen and oxygen atoms in total. The van der Waals surface area contributed by atoms with Crippen LogP contribution in [0.15, 0.2) is 66.4 Å². The molecule has 1 amide bonds. The normalized spacial score (nSPS) is 16.0. The number of nitrogens with zero attached hydrogens (tertiary/aromatic N) is 4. The van der Waals surface area contributed by atoms with Crippen LogP contribution in [0.2, 0.25) is 0 Å². The minimum absolute atomic E-state index is 0.181. The van der Waals surface area contributed by atoms with Gasteiger partial charge in [-0.25, -0.2) is 4.68 Å². The van der Waals surface area contributed by atoms with Crippen LogP contribution < -0.4 is 10.6 Å². The van der Waals surface area contributed by atoms with Gasteiger partial charge in [-0.15, -0.1) is 0 Å². The number of carbonyl (C=O) groups excluding carboxylic acids is 1. The Kier molecular flexibility index (Phi) is 4.41. The van der Waals surface area contributed by atoms with E-state index in [1.165, 1.54) is 6.33 Å². The van der Waals surface area contributed by atoms with Crippen molar-refractivity contribution in [1.82, 2.24) is 19.7 Å². The molecule has 1 aliphatic heterocycles. The Morgan fingerprint density at radius 2 is 1.92 bits per heavy atom. The monoisotopic (exact) mass is 458 g/mol. The minimum Gasteiger partial charge on any atom is -0.328 e. The number of hydrogen-bond donors (Lipinski definition) is 2. The first-order valence-corrected chi connectivity index (χ1v) is 9.05. The molecule has 1 aliphatic rings.